The van der Waals surface area contributed by atoms with Crippen LogP contribution in [0, 0.1) is 23.2 Å². The van der Waals surface area contributed by atoms with Crippen molar-refractivity contribution in [3.8, 4) is 0 Å². The van der Waals surface area contributed by atoms with Crippen molar-refractivity contribution in [3.05, 3.63) is 34.3 Å². The predicted octanol–water partition coefficient (Wildman–Crippen LogP) is 4.67. The Kier molecular flexibility index (Phi) is 2.82. The fourth-order valence-electron chi connectivity index (χ4n) is 5.58. The summed E-state index contributed by atoms with van der Waals surface area (Å²) in [6.07, 6.45) is 8.63. The van der Waals surface area contributed by atoms with E-state index in [9.17, 15) is 0 Å². The normalized spacial score (nSPS) is 41.5. The van der Waals surface area contributed by atoms with Crippen molar-refractivity contribution in [3.63, 3.8) is 0 Å². The summed E-state index contributed by atoms with van der Waals surface area (Å²) in [5.74, 6) is 2.94. The number of hydrogen-bond donors (Lipinski definition) is 1. The van der Waals surface area contributed by atoms with E-state index in [1.165, 1.54) is 44.1 Å². The van der Waals surface area contributed by atoms with Crippen molar-refractivity contribution in [1.29, 1.82) is 0 Å². The summed E-state index contributed by atoms with van der Waals surface area (Å²) in [5, 5.41) is 0. The van der Waals surface area contributed by atoms with E-state index in [2.05, 4.69) is 40.2 Å². The summed E-state index contributed by atoms with van der Waals surface area (Å²) in [7, 11) is 0. The lowest BCUT2D eigenvalue weighted by Gasteiger charge is -2.59. The summed E-state index contributed by atoms with van der Waals surface area (Å²) in [4.78, 5) is 0. The van der Waals surface area contributed by atoms with Crippen molar-refractivity contribution in [2.24, 2.45) is 28.9 Å². The van der Waals surface area contributed by atoms with Gasteiger partial charge in [0.15, 0.2) is 0 Å². The van der Waals surface area contributed by atoms with Crippen LogP contribution in [0.25, 0.3) is 0 Å². The summed E-state index contributed by atoms with van der Waals surface area (Å²) in [6, 6.07) is 8.94. The first kappa shape index (κ1) is 12.4. The molecule has 102 valence electrons. The molecule has 4 bridgehead atoms. The Hall–Kier alpha value is -0.340. The van der Waals surface area contributed by atoms with Crippen LogP contribution in [0.2, 0.25) is 0 Å². The fraction of sp³-hybridized carbons (Fsp3) is 0.647. The third-order valence-corrected chi connectivity index (χ3v) is 6.50. The Morgan fingerprint density at radius 3 is 1.89 bits per heavy atom. The topological polar surface area (TPSA) is 26.0 Å². The molecule has 4 saturated carbocycles. The van der Waals surface area contributed by atoms with Gasteiger partial charge in [-0.1, -0.05) is 28.1 Å². The highest BCUT2D eigenvalue weighted by molar-refractivity contribution is 9.10. The van der Waals surface area contributed by atoms with E-state index in [-0.39, 0.29) is 6.04 Å². The fourth-order valence-corrected chi connectivity index (χ4v) is 5.85. The van der Waals surface area contributed by atoms with E-state index < -0.39 is 0 Å². The molecule has 1 atom stereocenters. The maximum absolute atomic E-state index is 6.73. The molecule has 2 N–H and O–H groups in total. The van der Waals surface area contributed by atoms with Gasteiger partial charge in [0.05, 0.1) is 0 Å². The van der Waals surface area contributed by atoms with Gasteiger partial charge in [-0.05, 0) is 79.4 Å². The zero-order chi connectivity index (χ0) is 13.0. The number of rotatable bonds is 2. The molecule has 2 heteroatoms. The highest BCUT2D eigenvalue weighted by Gasteiger charge is 2.53. The molecular formula is C17H22BrN. The molecule has 1 unspecified atom stereocenters. The van der Waals surface area contributed by atoms with Crippen LogP contribution < -0.4 is 5.73 Å². The number of benzene rings is 1. The van der Waals surface area contributed by atoms with Crippen molar-refractivity contribution < 1.29 is 0 Å². The van der Waals surface area contributed by atoms with E-state index in [1.807, 2.05) is 0 Å². The van der Waals surface area contributed by atoms with Gasteiger partial charge in [-0.2, -0.15) is 0 Å². The van der Waals surface area contributed by atoms with Crippen LogP contribution in [0.1, 0.15) is 50.1 Å². The maximum Gasteiger partial charge on any atom is 0.0352 e. The smallest absolute Gasteiger partial charge is 0.0352 e. The van der Waals surface area contributed by atoms with Crippen molar-refractivity contribution in [1.82, 2.24) is 0 Å². The first-order valence-electron chi connectivity index (χ1n) is 7.66. The lowest BCUT2D eigenvalue weighted by atomic mass is 9.47. The summed E-state index contributed by atoms with van der Waals surface area (Å²) >= 11 is 3.52. The Morgan fingerprint density at radius 1 is 0.947 bits per heavy atom. The second-order valence-electron chi connectivity index (χ2n) is 7.31. The van der Waals surface area contributed by atoms with Gasteiger partial charge in [0.25, 0.3) is 0 Å². The molecule has 4 aliphatic rings. The minimum atomic E-state index is 0.244. The van der Waals surface area contributed by atoms with Crippen LogP contribution in [0.15, 0.2) is 28.7 Å². The molecule has 0 amide bonds. The van der Waals surface area contributed by atoms with Crippen LogP contribution in [0.3, 0.4) is 0 Å². The van der Waals surface area contributed by atoms with Gasteiger partial charge in [0, 0.05) is 10.5 Å². The van der Waals surface area contributed by atoms with Crippen molar-refractivity contribution >= 4 is 15.9 Å². The van der Waals surface area contributed by atoms with E-state index in [0.717, 1.165) is 22.2 Å². The molecule has 0 aromatic heterocycles. The molecule has 0 spiro atoms. The highest BCUT2D eigenvalue weighted by atomic mass is 79.9. The molecule has 4 aliphatic carbocycles. The van der Waals surface area contributed by atoms with Gasteiger partial charge in [0.2, 0.25) is 0 Å². The van der Waals surface area contributed by atoms with Crippen LogP contribution in [0.5, 0.6) is 0 Å². The molecule has 4 fully saturated rings. The standard InChI is InChI=1S/C17H22BrN/c18-15-3-1-14(2-4-15)16(19)17-8-11-5-12(9-17)7-13(6-11)10-17/h1-4,11-13,16H,5-10,19H2. The third-order valence-electron chi connectivity index (χ3n) is 5.97. The number of nitrogens with two attached hydrogens (primary N) is 1. The Balaban J connectivity index is 1.65. The number of halogens is 1. The first-order valence-corrected chi connectivity index (χ1v) is 8.45. The van der Waals surface area contributed by atoms with E-state index in [1.54, 1.807) is 0 Å². The van der Waals surface area contributed by atoms with E-state index in [0.29, 0.717) is 5.41 Å². The maximum atomic E-state index is 6.73. The monoisotopic (exact) mass is 319 g/mol. The summed E-state index contributed by atoms with van der Waals surface area (Å²) in [5.41, 5.74) is 8.49. The minimum Gasteiger partial charge on any atom is -0.323 e. The lowest BCUT2D eigenvalue weighted by Crippen LogP contribution is -2.50. The van der Waals surface area contributed by atoms with E-state index >= 15 is 0 Å². The average molecular weight is 320 g/mol. The van der Waals surface area contributed by atoms with Gasteiger partial charge >= 0.3 is 0 Å². The largest absolute Gasteiger partial charge is 0.323 e. The van der Waals surface area contributed by atoms with Crippen LogP contribution in [-0.4, -0.2) is 0 Å². The van der Waals surface area contributed by atoms with Gasteiger partial charge in [-0.15, -0.1) is 0 Å². The molecule has 5 rings (SSSR count). The van der Waals surface area contributed by atoms with Gasteiger partial charge in [-0.25, -0.2) is 0 Å². The van der Waals surface area contributed by atoms with Crippen molar-refractivity contribution in [2.75, 3.05) is 0 Å². The number of hydrogen-bond acceptors (Lipinski definition) is 1. The zero-order valence-corrected chi connectivity index (χ0v) is 12.9. The molecule has 0 radical (unpaired) electrons. The SMILES string of the molecule is NC(c1ccc(Br)cc1)C12CC3CC(CC(C3)C1)C2. The molecule has 1 nitrogen and oxygen atoms in total. The Bertz CT molecular complexity index is 443. The first-order chi connectivity index (χ1) is 9.14. The quantitative estimate of drug-likeness (QED) is 0.842. The van der Waals surface area contributed by atoms with Crippen LogP contribution in [0.4, 0.5) is 0 Å². The molecular weight excluding hydrogens is 298 g/mol. The van der Waals surface area contributed by atoms with Crippen LogP contribution >= 0.6 is 15.9 Å². The average Bonchev–Trinajstić information content (AvgIpc) is 2.37. The molecule has 19 heavy (non-hydrogen) atoms. The predicted molar refractivity (Wildman–Crippen MR) is 81.7 cm³/mol. The molecule has 0 heterocycles. The van der Waals surface area contributed by atoms with Gasteiger partial charge in [0.1, 0.15) is 0 Å². The Labute approximate surface area is 124 Å². The second kappa shape index (κ2) is 4.33. The van der Waals surface area contributed by atoms with Crippen molar-refractivity contribution in [2.45, 2.75) is 44.6 Å². The Morgan fingerprint density at radius 2 is 1.42 bits per heavy atom. The molecule has 0 saturated heterocycles. The minimum absolute atomic E-state index is 0.244. The van der Waals surface area contributed by atoms with Gasteiger partial charge < -0.3 is 5.73 Å². The lowest BCUT2D eigenvalue weighted by molar-refractivity contribution is -0.0677. The van der Waals surface area contributed by atoms with E-state index in [4.69, 9.17) is 5.73 Å². The highest BCUT2D eigenvalue weighted by Crippen LogP contribution is 2.63. The zero-order valence-electron chi connectivity index (χ0n) is 11.3. The second-order valence-corrected chi connectivity index (χ2v) is 8.22. The molecule has 1 aromatic carbocycles. The third kappa shape index (κ3) is 1.99. The molecule has 0 aliphatic heterocycles. The summed E-state index contributed by atoms with van der Waals surface area (Å²) in [6.45, 7) is 0. The summed E-state index contributed by atoms with van der Waals surface area (Å²) < 4.78 is 1.15. The van der Waals surface area contributed by atoms with Crippen LogP contribution in [-0.2, 0) is 0 Å². The van der Waals surface area contributed by atoms with Gasteiger partial charge in [-0.3, -0.25) is 0 Å². The molecule has 1 aromatic rings.